The van der Waals surface area contributed by atoms with E-state index in [0.717, 1.165) is 5.57 Å². The zero-order chi connectivity index (χ0) is 9.14. The summed E-state index contributed by atoms with van der Waals surface area (Å²) < 4.78 is 10.1. The molecule has 1 rings (SSSR count). The molecule has 0 spiro atoms. The first-order valence-corrected chi connectivity index (χ1v) is 3.97. The Balaban J connectivity index is 2.92. The van der Waals surface area contributed by atoms with Gasteiger partial charge in [0.05, 0.1) is 14.2 Å². The van der Waals surface area contributed by atoms with E-state index in [2.05, 4.69) is 6.58 Å². The number of hydrogen-bond acceptors (Lipinski definition) is 2. The van der Waals surface area contributed by atoms with Crippen molar-refractivity contribution in [3.05, 3.63) is 35.8 Å². The van der Waals surface area contributed by atoms with Crippen molar-refractivity contribution in [3.8, 4) is 0 Å². The fraction of sp³-hybridized carbons (Fsp3) is 0.333. The number of hydrogen-bond donors (Lipinski definition) is 0. The normalized spacial score (nSPS) is 22.9. The SMILES string of the molecule is C=C1C=C(OC)C=C(OC)C1Cl. The Morgan fingerprint density at radius 3 is 2.50 bits per heavy atom. The van der Waals surface area contributed by atoms with Crippen LogP contribution in [0, 0.1) is 0 Å². The van der Waals surface area contributed by atoms with E-state index in [1.165, 1.54) is 0 Å². The lowest BCUT2D eigenvalue weighted by atomic mass is 10.1. The van der Waals surface area contributed by atoms with E-state index in [0.29, 0.717) is 11.5 Å². The quantitative estimate of drug-likeness (QED) is 0.616. The fourth-order valence-corrected chi connectivity index (χ4v) is 1.19. The van der Waals surface area contributed by atoms with Crippen molar-refractivity contribution in [2.45, 2.75) is 5.38 Å². The summed E-state index contributed by atoms with van der Waals surface area (Å²) in [6, 6.07) is 0. The van der Waals surface area contributed by atoms with Crippen LogP contribution in [0.4, 0.5) is 0 Å². The number of rotatable bonds is 2. The van der Waals surface area contributed by atoms with Crippen LogP contribution >= 0.6 is 11.6 Å². The molecule has 0 radical (unpaired) electrons. The third kappa shape index (κ3) is 1.64. The van der Waals surface area contributed by atoms with E-state index in [-0.39, 0.29) is 5.38 Å². The molecule has 0 aromatic rings. The van der Waals surface area contributed by atoms with Gasteiger partial charge in [0.25, 0.3) is 0 Å². The number of ether oxygens (including phenoxy) is 2. The van der Waals surface area contributed by atoms with Crippen LogP contribution in [0.3, 0.4) is 0 Å². The van der Waals surface area contributed by atoms with Gasteiger partial charge in [-0.2, -0.15) is 0 Å². The second-order valence-electron chi connectivity index (χ2n) is 2.44. The third-order valence-electron chi connectivity index (χ3n) is 1.66. The predicted octanol–water partition coefficient (Wildman–Crippen LogP) is 2.22. The van der Waals surface area contributed by atoms with Crippen molar-refractivity contribution < 1.29 is 9.47 Å². The van der Waals surface area contributed by atoms with Gasteiger partial charge in [0.2, 0.25) is 0 Å². The summed E-state index contributed by atoms with van der Waals surface area (Å²) in [5, 5.41) is -0.270. The molecule has 0 saturated heterocycles. The van der Waals surface area contributed by atoms with Gasteiger partial charge in [0.15, 0.2) is 0 Å². The van der Waals surface area contributed by atoms with Gasteiger partial charge in [0.1, 0.15) is 16.9 Å². The maximum Gasteiger partial charge on any atom is 0.122 e. The van der Waals surface area contributed by atoms with Crippen molar-refractivity contribution in [1.29, 1.82) is 0 Å². The van der Waals surface area contributed by atoms with Gasteiger partial charge in [-0.1, -0.05) is 6.58 Å². The molecular formula is C9H11ClO2. The minimum atomic E-state index is -0.270. The van der Waals surface area contributed by atoms with E-state index < -0.39 is 0 Å². The second-order valence-corrected chi connectivity index (χ2v) is 2.88. The first-order chi connectivity index (χ1) is 5.69. The molecule has 0 aliphatic heterocycles. The molecule has 1 aliphatic carbocycles. The van der Waals surface area contributed by atoms with Crippen molar-refractivity contribution in [1.82, 2.24) is 0 Å². The minimum absolute atomic E-state index is 0.270. The maximum absolute atomic E-state index is 5.96. The van der Waals surface area contributed by atoms with E-state index in [4.69, 9.17) is 21.1 Å². The van der Waals surface area contributed by atoms with Crippen LogP contribution < -0.4 is 0 Å². The third-order valence-corrected chi connectivity index (χ3v) is 2.15. The standard InChI is InChI=1S/C9H11ClO2/c1-6-4-7(11-2)5-8(12-3)9(6)10/h4-5,9H,1H2,2-3H3. The molecule has 66 valence electrons. The average molecular weight is 187 g/mol. The molecule has 2 nitrogen and oxygen atoms in total. The van der Waals surface area contributed by atoms with Crippen LogP contribution in [0.1, 0.15) is 0 Å². The summed E-state index contributed by atoms with van der Waals surface area (Å²) in [5.74, 6) is 1.38. The van der Waals surface area contributed by atoms with Gasteiger partial charge in [-0.25, -0.2) is 0 Å². The lowest BCUT2D eigenvalue weighted by molar-refractivity contribution is 0.266. The molecule has 0 aromatic carbocycles. The highest BCUT2D eigenvalue weighted by molar-refractivity contribution is 6.24. The molecule has 0 bridgehead atoms. The number of methoxy groups -OCH3 is 2. The van der Waals surface area contributed by atoms with Crippen LogP contribution in [0.2, 0.25) is 0 Å². The lowest BCUT2D eigenvalue weighted by Gasteiger charge is -2.18. The highest BCUT2D eigenvalue weighted by atomic mass is 35.5. The van der Waals surface area contributed by atoms with Gasteiger partial charge in [-0.15, -0.1) is 11.6 Å². The predicted molar refractivity (Wildman–Crippen MR) is 49.0 cm³/mol. The molecule has 0 aromatic heterocycles. The molecule has 0 fully saturated rings. The molecule has 0 heterocycles. The van der Waals surface area contributed by atoms with E-state index in [1.54, 1.807) is 26.4 Å². The summed E-state index contributed by atoms with van der Waals surface area (Å²) in [4.78, 5) is 0. The monoisotopic (exact) mass is 186 g/mol. The van der Waals surface area contributed by atoms with E-state index >= 15 is 0 Å². The Hall–Kier alpha value is -0.890. The van der Waals surface area contributed by atoms with Crippen LogP contribution in [0.5, 0.6) is 0 Å². The zero-order valence-electron chi connectivity index (χ0n) is 7.13. The molecule has 0 saturated carbocycles. The number of allylic oxidation sites excluding steroid dienone is 3. The highest BCUT2D eigenvalue weighted by Gasteiger charge is 2.19. The summed E-state index contributed by atoms with van der Waals surface area (Å²) in [6.45, 7) is 3.78. The van der Waals surface area contributed by atoms with Gasteiger partial charge < -0.3 is 9.47 Å². The average Bonchev–Trinajstić information content (AvgIpc) is 2.09. The van der Waals surface area contributed by atoms with Gasteiger partial charge >= 0.3 is 0 Å². The van der Waals surface area contributed by atoms with Gasteiger partial charge in [0, 0.05) is 6.08 Å². The topological polar surface area (TPSA) is 18.5 Å². The zero-order valence-corrected chi connectivity index (χ0v) is 7.89. The molecule has 3 heteroatoms. The van der Waals surface area contributed by atoms with Crippen molar-refractivity contribution >= 4 is 11.6 Å². The first-order valence-electron chi connectivity index (χ1n) is 3.53. The second kappa shape index (κ2) is 3.68. The van der Waals surface area contributed by atoms with Gasteiger partial charge in [-0.3, -0.25) is 0 Å². The van der Waals surface area contributed by atoms with Crippen LogP contribution in [0.15, 0.2) is 35.8 Å². The van der Waals surface area contributed by atoms with Crippen molar-refractivity contribution in [3.63, 3.8) is 0 Å². The van der Waals surface area contributed by atoms with Crippen molar-refractivity contribution in [2.75, 3.05) is 14.2 Å². The first kappa shape index (κ1) is 9.20. The Morgan fingerprint density at radius 2 is 2.00 bits per heavy atom. The summed E-state index contributed by atoms with van der Waals surface area (Å²) >= 11 is 5.96. The molecular weight excluding hydrogens is 176 g/mol. The summed E-state index contributed by atoms with van der Waals surface area (Å²) in [7, 11) is 3.17. The Bertz CT molecular complexity index is 253. The fourth-order valence-electron chi connectivity index (χ4n) is 0.974. The Morgan fingerprint density at radius 1 is 1.33 bits per heavy atom. The van der Waals surface area contributed by atoms with Crippen molar-refractivity contribution in [2.24, 2.45) is 0 Å². The molecule has 1 unspecified atom stereocenters. The highest BCUT2D eigenvalue weighted by Crippen LogP contribution is 2.26. The number of alkyl halides is 1. The number of halogens is 1. The lowest BCUT2D eigenvalue weighted by Crippen LogP contribution is -2.11. The van der Waals surface area contributed by atoms with E-state index in [9.17, 15) is 0 Å². The Kier molecular flexibility index (Phi) is 2.82. The smallest absolute Gasteiger partial charge is 0.122 e. The molecule has 1 aliphatic rings. The van der Waals surface area contributed by atoms with Crippen LogP contribution in [0.25, 0.3) is 0 Å². The summed E-state index contributed by atoms with van der Waals surface area (Å²) in [6.07, 6.45) is 3.55. The minimum Gasteiger partial charge on any atom is -0.499 e. The maximum atomic E-state index is 5.96. The van der Waals surface area contributed by atoms with E-state index in [1.807, 2.05) is 0 Å². The molecule has 0 N–H and O–H groups in total. The van der Waals surface area contributed by atoms with Crippen LogP contribution in [-0.2, 0) is 9.47 Å². The molecule has 1 atom stereocenters. The molecule has 0 amide bonds. The Labute approximate surface area is 77.1 Å². The van der Waals surface area contributed by atoms with Gasteiger partial charge in [-0.05, 0) is 11.6 Å². The van der Waals surface area contributed by atoms with Crippen LogP contribution in [-0.4, -0.2) is 19.6 Å². The summed E-state index contributed by atoms with van der Waals surface area (Å²) in [5.41, 5.74) is 0.785. The molecule has 12 heavy (non-hydrogen) atoms. The largest absolute Gasteiger partial charge is 0.499 e.